The Labute approximate surface area is 249 Å². The van der Waals surface area contributed by atoms with Gasteiger partial charge in [-0.3, -0.25) is 9.89 Å². The highest BCUT2D eigenvalue weighted by molar-refractivity contribution is 6.32. The van der Waals surface area contributed by atoms with Gasteiger partial charge in [-0.15, -0.1) is 0 Å². The molecule has 6 rings (SSSR count). The molecule has 4 heterocycles. The summed E-state index contributed by atoms with van der Waals surface area (Å²) in [6, 6.07) is 10.1. The number of likely N-dealkylation sites (N-methyl/N-ethyl adjacent to an activating group) is 1. The number of para-hydroxylation sites is 1. The summed E-state index contributed by atoms with van der Waals surface area (Å²) in [6.07, 6.45) is 5.19. The first-order valence-corrected chi connectivity index (χ1v) is 14.4. The van der Waals surface area contributed by atoms with Gasteiger partial charge in [-0.05, 0) is 51.6 Å². The van der Waals surface area contributed by atoms with Crippen molar-refractivity contribution in [2.24, 2.45) is 0 Å². The molecule has 0 aliphatic carbocycles. The molecule has 2 fully saturated rings. The summed E-state index contributed by atoms with van der Waals surface area (Å²) in [4.78, 5) is 23.3. The zero-order valence-electron chi connectivity index (χ0n) is 23.7. The summed E-state index contributed by atoms with van der Waals surface area (Å²) in [5, 5.41) is 19.7. The van der Waals surface area contributed by atoms with Gasteiger partial charge in [0.05, 0.1) is 22.8 Å². The van der Waals surface area contributed by atoms with Gasteiger partial charge in [-0.2, -0.15) is 10.4 Å². The Bertz CT molecular complexity index is 1720. The summed E-state index contributed by atoms with van der Waals surface area (Å²) < 4.78 is 12.9. The number of fused-ring (bicyclic) bond motifs is 2. The van der Waals surface area contributed by atoms with Gasteiger partial charge < -0.3 is 24.2 Å². The Morgan fingerprint density at radius 2 is 2.07 bits per heavy atom. The number of H-pyrrole nitrogens is 1. The summed E-state index contributed by atoms with van der Waals surface area (Å²) in [6.45, 7) is 9.09. The molecule has 0 spiro atoms. The molecule has 1 atom stereocenters. The number of nitrogens with one attached hydrogen (secondary N) is 1. The number of halogens is 1. The molecule has 1 amide bonds. The van der Waals surface area contributed by atoms with E-state index in [4.69, 9.17) is 26.1 Å². The minimum absolute atomic E-state index is 0.0995. The fourth-order valence-electron chi connectivity index (χ4n) is 5.86. The quantitative estimate of drug-likeness (QED) is 0.300. The number of rotatable bonds is 7. The number of benzene rings is 2. The predicted molar refractivity (Wildman–Crippen MR) is 163 cm³/mol. The van der Waals surface area contributed by atoms with Crippen LogP contribution in [-0.2, 0) is 4.79 Å². The number of anilines is 1. The molecule has 216 valence electrons. The number of nitriles is 1. The first-order valence-electron chi connectivity index (χ1n) is 14.1. The number of aromatic amines is 1. The van der Waals surface area contributed by atoms with Gasteiger partial charge in [0, 0.05) is 48.2 Å². The summed E-state index contributed by atoms with van der Waals surface area (Å²) >= 11 is 6.54. The molecule has 2 aliphatic rings. The number of carbonyl (C=O) groups is 1. The van der Waals surface area contributed by atoms with E-state index in [9.17, 15) is 10.1 Å². The van der Waals surface area contributed by atoms with E-state index in [1.54, 1.807) is 11.1 Å². The molecule has 2 aromatic carbocycles. The second-order valence-corrected chi connectivity index (χ2v) is 11.2. The number of piperazine rings is 1. The molecule has 0 saturated carbocycles. The van der Waals surface area contributed by atoms with Crippen molar-refractivity contribution < 1.29 is 14.3 Å². The van der Waals surface area contributed by atoms with Crippen LogP contribution in [0, 0.1) is 18.3 Å². The lowest BCUT2D eigenvalue weighted by atomic mass is 10.1. The van der Waals surface area contributed by atoms with Crippen molar-refractivity contribution in [1.82, 2.24) is 25.0 Å². The monoisotopic (exact) mass is 585 g/mol. The zero-order valence-corrected chi connectivity index (χ0v) is 24.4. The number of amides is 1. The third kappa shape index (κ3) is 4.99. The Balaban J connectivity index is 1.47. The van der Waals surface area contributed by atoms with Crippen molar-refractivity contribution in [3.63, 3.8) is 0 Å². The summed E-state index contributed by atoms with van der Waals surface area (Å²) in [5.74, 6) is 1.27. The SMILES string of the molecule is C=CC(=O)N1CCN(c2c(C#N)c(OCC3CCCN3C)nc3c(Oc4c(C)c(Cl)cc5[nH]ncc45)cccc23)CC1. The van der Waals surface area contributed by atoms with E-state index < -0.39 is 0 Å². The molecule has 1 N–H and O–H groups in total. The van der Waals surface area contributed by atoms with Crippen LogP contribution in [0.5, 0.6) is 17.4 Å². The smallest absolute Gasteiger partial charge is 0.246 e. The normalized spacial score (nSPS) is 17.5. The van der Waals surface area contributed by atoms with Crippen molar-refractivity contribution in [3.8, 4) is 23.4 Å². The highest BCUT2D eigenvalue weighted by Gasteiger charge is 2.29. The highest BCUT2D eigenvalue weighted by Crippen LogP contribution is 2.43. The number of likely N-dealkylation sites (tertiary alicyclic amines) is 1. The van der Waals surface area contributed by atoms with Crippen LogP contribution in [0.3, 0.4) is 0 Å². The molecule has 42 heavy (non-hydrogen) atoms. The largest absolute Gasteiger partial charge is 0.475 e. The Hall–Kier alpha value is -4.33. The predicted octanol–water partition coefficient (Wildman–Crippen LogP) is 5.04. The van der Waals surface area contributed by atoms with Crippen molar-refractivity contribution in [2.75, 3.05) is 51.3 Å². The van der Waals surface area contributed by atoms with Crippen molar-refractivity contribution >= 4 is 45.0 Å². The van der Waals surface area contributed by atoms with Crippen molar-refractivity contribution in [1.29, 1.82) is 5.26 Å². The van der Waals surface area contributed by atoms with E-state index in [0.717, 1.165) is 46.9 Å². The summed E-state index contributed by atoms with van der Waals surface area (Å²) in [7, 11) is 2.09. The second-order valence-electron chi connectivity index (χ2n) is 10.8. The molecular weight excluding hydrogens is 554 g/mol. The Morgan fingerprint density at radius 1 is 1.26 bits per heavy atom. The first kappa shape index (κ1) is 27.8. The van der Waals surface area contributed by atoms with Crippen molar-refractivity contribution in [2.45, 2.75) is 25.8 Å². The standard InChI is InChI=1S/C31H32ClN7O3/c1-4-27(40)38-11-13-39(14-12-38)29-21-8-5-9-26(42-30-19(2)24(32)15-25-23(30)17-34-36-25)28(21)35-31(22(29)16-33)41-18-20-7-6-10-37(20)3/h4-5,8-9,15,17,20H,1,6-7,10-14,18H2,2-3H3,(H,34,36). The topological polar surface area (TPSA) is 111 Å². The molecule has 10 nitrogen and oxygen atoms in total. The van der Waals surface area contributed by atoms with Gasteiger partial charge in [0.1, 0.15) is 29.5 Å². The van der Waals surface area contributed by atoms with E-state index in [0.29, 0.717) is 60.4 Å². The number of hydrogen-bond acceptors (Lipinski definition) is 8. The van der Waals surface area contributed by atoms with Crippen LogP contribution in [0.25, 0.3) is 21.8 Å². The molecule has 0 bridgehead atoms. The zero-order chi connectivity index (χ0) is 29.4. The molecule has 2 saturated heterocycles. The molecule has 0 radical (unpaired) electrons. The van der Waals surface area contributed by atoms with E-state index in [1.807, 2.05) is 31.2 Å². The number of carbonyl (C=O) groups excluding carboxylic acids is 1. The lowest BCUT2D eigenvalue weighted by molar-refractivity contribution is -0.126. The number of hydrogen-bond donors (Lipinski definition) is 1. The average molecular weight is 586 g/mol. The van der Waals surface area contributed by atoms with E-state index >= 15 is 0 Å². The average Bonchev–Trinajstić information content (AvgIpc) is 3.65. The minimum atomic E-state index is -0.0995. The van der Waals surface area contributed by atoms with Gasteiger partial charge in [0.15, 0.2) is 5.75 Å². The molecule has 2 aromatic heterocycles. The van der Waals surface area contributed by atoms with Crippen LogP contribution >= 0.6 is 11.6 Å². The molecular formula is C31H32ClN7O3. The fraction of sp³-hybridized carbons (Fsp3) is 0.355. The first-order chi connectivity index (χ1) is 20.4. The van der Waals surface area contributed by atoms with E-state index in [2.05, 4.69) is 39.7 Å². The van der Waals surface area contributed by atoms with E-state index in [-0.39, 0.29) is 17.8 Å². The van der Waals surface area contributed by atoms with Crippen LogP contribution in [0.2, 0.25) is 5.02 Å². The van der Waals surface area contributed by atoms with Gasteiger partial charge >= 0.3 is 0 Å². The van der Waals surface area contributed by atoms with Crippen LogP contribution < -0.4 is 14.4 Å². The maximum atomic E-state index is 12.3. The van der Waals surface area contributed by atoms with Gasteiger partial charge in [0.25, 0.3) is 0 Å². The second kappa shape index (κ2) is 11.5. The number of nitrogens with zero attached hydrogens (tertiary/aromatic N) is 6. The molecule has 1 unspecified atom stereocenters. The lowest BCUT2D eigenvalue weighted by Gasteiger charge is -2.36. The molecule has 4 aromatic rings. The third-order valence-corrected chi connectivity index (χ3v) is 8.68. The minimum Gasteiger partial charge on any atom is -0.475 e. The molecule has 2 aliphatic heterocycles. The maximum Gasteiger partial charge on any atom is 0.246 e. The Morgan fingerprint density at radius 3 is 2.79 bits per heavy atom. The number of pyridine rings is 1. The van der Waals surface area contributed by atoms with Crippen LogP contribution in [-0.4, -0.2) is 83.3 Å². The Kier molecular flexibility index (Phi) is 7.62. The van der Waals surface area contributed by atoms with Crippen LogP contribution in [0.1, 0.15) is 24.0 Å². The third-order valence-electron chi connectivity index (χ3n) is 8.29. The maximum absolute atomic E-state index is 12.3. The number of ether oxygens (including phenoxy) is 2. The van der Waals surface area contributed by atoms with Crippen LogP contribution in [0.4, 0.5) is 5.69 Å². The molecule has 11 heteroatoms. The van der Waals surface area contributed by atoms with Crippen molar-refractivity contribution in [3.05, 3.63) is 59.3 Å². The van der Waals surface area contributed by atoms with Crippen LogP contribution in [0.15, 0.2) is 43.1 Å². The fourth-order valence-corrected chi connectivity index (χ4v) is 6.05. The van der Waals surface area contributed by atoms with Gasteiger partial charge in [0.2, 0.25) is 11.8 Å². The van der Waals surface area contributed by atoms with Gasteiger partial charge in [-0.1, -0.05) is 30.3 Å². The summed E-state index contributed by atoms with van der Waals surface area (Å²) in [5.41, 5.74) is 3.21. The highest BCUT2D eigenvalue weighted by atomic mass is 35.5. The number of aromatic nitrogens is 3. The van der Waals surface area contributed by atoms with E-state index in [1.165, 1.54) is 6.08 Å². The lowest BCUT2D eigenvalue weighted by Crippen LogP contribution is -2.48. The van der Waals surface area contributed by atoms with Gasteiger partial charge in [-0.25, -0.2) is 4.98 Å².